The second-order valence-electron chi connectivity index (χ2n) is 6.63. The van der Waals surface area contributed by atoms with Gasteiger partial charge in [0, 0.05) is 5.69 Å². The van der Waals surface area contributed by atoms with Gasteiger partial charge in [0.2, 0.25) is 0 Å². The van der Waals surface area contributed by atoms with Gasteiger partial charge >= 0.3 is 6.09 Å². The summed E-state index contributed by atoms with van der Waals surface area (Å²) in [6, 6.07) is 5.34. The Kier molecular flexibility index (Phi) is 5.81. The number of nitrogens with zero attached hydrogens (tertiary/aromatic N) is 2. The molecule has 1 N–H and O–H groups in total. The fraction of sp³-hybridized carbons (Fsp3) is 0.353. The summed E-state index contributed by atoms with van der Waals surface area (Å²) in [6.45, 7) is 4.61. The molecule has 0 atom stereocenters. The minimum atomic E-state index is -0.738. The molecule has 138 valence electrons. The van der Waals surface area contributed by atoms with E-state index in [0.29, 0.717) is 5.69 Å². The van der Waals surface area contributed by atoms with Crippen LogP contribution < -0.4 is 5.32 Å². The number of Topliss-reactive ketones (excluding diaryl/α,β-unsaturated/α-hetero) is 1. The lowest BCUT2D eigenvalue weighted by Crippen LogP contribution is -2.45. The van der Waals surface area contributed by atoms with E-state index in [0.717, 1.165) is 4.90 Å². The lowest BCUT2D eigenvalue weighted by atomic mass is 10.0. The summed E-state index contributed by atoms with van der Waals surface area (Å²) < 4.78 is 18.2. The van der Waals surface area contributed by atoms with E-state index in [-0.39, 0.29) is 29.3 Å². The maximum atomic E-state index is 13.0. The molecule has 1 aromatic carbocycles. The Morgan fingerprint density at radius 2 is 1.88 bits per heavy atom. The number of benzene rings is 1. The van der Waals surface area contributed by atoms with Crippen LogP contribution in [-0.4, -0.2) is 40.5 Å². The average Bonchev–Trinajstić information content (AvgIpc) is 2.54. The normalized spacial score (nSPS) is 14.9. The number of ether oxygens (including phenoxy) is 1. The molecule has 0 radical (unpaired) electrons. The Morgan fingerprint density at radius 1 is 1.27 bits per heavy atom. The molecule has 26 heavy (non-hydrogen) atoms. The van der Waals surface area contributed by atoms with E-state index >= 15 is 0 Å². The van der Waals surface area contributed by atoms with Crippen LogP contribution in [0.5, 0.6) is 0 Å². The lowest BCUT2D eigenvalue weighted by Gasteiger charge is -2.30. The highest BCUT2D eigenvalue weighted by Crippen LogP contribution is 2.21. The monoisotopic (exact) mass is 379 g/mol. The number of carbonyl (C=O) groups excluding carboxylic acids is 2. The van der Waals surface area contributed by atoms with E-state index in [2.05, 4.69) is 10.5 Å². The summed E-state index contributed by atoms with van der Waals surface area (Å²) in [7, 11) is 0. The van der Waals surface area contributed by atoms with E-state index in [1.807, 2.05) is 0 Å². The molecular formula is C17H18FN3O4S. The second kappa shape index (κ2) is 7.69. The molecular weight excluding hydrogens is 361 g/mol. The van der Waals surface area contributed by atoms with Crippen molar-refractivity contribution in [1.82, 2.24) is 4.90 Å². The maximum Gasteiger partial charge on any atom is 0.411 e. The van der Waals surface area contributed by atoms with Crippen LogP contribution in [0.25, 0.3) is 0 Å². The van der Waals surface area contributed by atoms with Gasteiger partial charge in [-0.25, -0.2) is 9.18 Å². The van der Waals surface area contributed by atoms with Gasteiger partial charge in [0.05, 0.1) is 18.7 Å². The van der Waals surface area contributed by atoms with E-state index in [1.54, 1.807) is 20.8 Å². The number of rotatable bonds is 3. The first kappa shape index (κ1) is 19.6. The van der Waals surface area contributed by atoms with Gasteiger partial charge < -0.3 is 10.1 Å². The van der Waals surface area contributed by atoms with E-state index in [1.165, 1.54) is 24.3 Å². The number of nitroso groups, excluding NO2 is 1. The van der Waals surface area contributed by atoms with E-state index < -0.39 is 23.3 Å². The lowest BCUT2D eigenvalue weighted by molar-refractivity contribution is -0.116. The predicted octanol–water partition coefficient (Wildman–Crippen LogP) is 3.41. The summed E-state index contributed by atoms with van der Waals surface area (Å²) in [4.78, 5) is 36.8. The van der Waals surface area contributed by atoms with E-state index in [9.17, 15) is 18.9 Å². The molecule has 1 aliphatic rings. The third kappa shape index (κ3) is 4.92. The van der Waals surface area contributed by atoms with Crippen molar-refractivity contribution in [1.29, 1.82) is 0 Å². The minimum absolute atomic E-state index is 0.0138. The highest BCUT2D eigenvalue weighted by atomic mass is 32.1. The van der Waals surface area contributed by atoms with Gasteiger partial charge in [-0.15, -0.1) is 4.91 Å². The number of hydrogen-bond acceptors (Lipinski definition) is 6. The molecule has 1 aliphatic heterocycles. The molecule has 2 rings (SSSR count). The van der Waals surface area contributed by atoms with Crippen LogP contribution in [-0.2, 0) is 9.53 Å². The molecule has 0 aromatic heterocycles. The SMILES string of the molecule is CC(C)(C)OC(=O)N1CC(=O)C(C(=S)Nc2ccc(F)cc2)=C(N=O)C1. The third-order valence-electron chi connectivity index (χ3n) is 3.33. The van der Waals surface area contributed by atoms with Crippen LogP contribution >= 0.6 is 12.2 Å². The molecule has 7 nitrogen and oxygen atoms in total. The fourth-order valence-electron chi connectivity index (χ4n) is 2.24. The average molecular weight is 379 g/mol. The highest BCUT2D eigenvalue weighted by Gasteiger charge is 2.34. The quantitative estimate of drug-likeness (QED) is 0.640. The number of ketones is 1. The number of anilines is 1. The first-order valence-corrected chi connectivity index (χ1v) is 8.16. The molecule has 1 heterocycles. The fourth-order valence-corrected chi connectivity index (χ4v) is 2.59. The number of carbonyl (C=O) groups is 2. The molecule has 1 aromatic rings. The number of hydrogen-bond donors (Lipinski definition) is 1. The van der Waals surface area contributed by atoms with Gasteiger partial charge in [0.25, 0.3) is 0 Å². The van der Waals surface area contributed by atoms with Gasteiger partial charge in [-0.3, -0.25) is 9.69 Å². The molecule has 0 aliphatic carbocycles. The van der Waals surface area contributed by atoms with Crippen LogP contribution in [0.3, 0.4) is 0 Å². The standard InChI is InChI=1S/C17H18FN3O4S/c1-17(2,3)25-16(23)21-8-12(20-24)14(13(22)9-21)15(26)19-11-6-4-10(18)5-7-11/h4-7H,8-9H2,1-3H3,(H,19,26). The van der Waals surface area contributed by atoms with Crippen molar-refractivity contribution in [2.45, 2.75) is 26.4 Å². The van der Waals surface area contributed by atoms with Gasteiger partial charge in [0.1, 0.15) is 22.1 Å². The zero-order chi connectivity index (χ0) is 19.5. The first-order valence-electron chi connectivity index (χ1n) is 7.75. The van der Waals surface area contributed by atoms with Crippen LogP contribution in [0.15, 0.2) is 40.7 Å². The van der Waals surface area contributed by atoms with Crippen molar-refractivity contribution in [3.05, 3.63) is 46.3 Å². The van der Waals surface area contributed by atoms with Gasteiger partial charge in [-0.05, 0) is 50.2 Å². The Labute approximate surface area is 155 Å². The summed E-state index contributed by atoms with van der Waals surface area (Å²) >= 11 is 5.18. The summed E-state index contributed by atoms with van der Waals surface area (Å²) in [6.07, 6.45) is -0.719. The molecule has 0 fully saturated rings. The van der Waals surface area contributed by atoms with Gasteiger partial charge in [0.15, 0.2) is 5.78 Å². The third-order valence-corrected chi connectivity index (χ3v) is 3.64. The van der Waals surface area contributed by atoms with Crippen LogP contribution in [0.4, 0.5) is 14.9 Å². The smallest absolute Gasteiger partial charge is 0.411 e. The van der Waals surface area contributed by atoms with Crippen molar-refractivity contribution in [3.8, 4) is 0 Å². The van der Waals surface area contributed by atoms with Crippen molar-refractivity contribution < 1.29 is 18.7 Å². The second-order valence-corrected chi connectivity index (χ2v) is 7.04. The van der Waals surface area contributed by atoms with Crippen molar-refractivity contribution in [2.75, 3.05) is 18.4 Å². The zero-order valence-corrected chi connectivity index (χ0v) is 15.4. The Bertz CT molecular complexity index is 784. The summed E-state index contributed by atoms with van der Waals surface area (Å²) in [5.41, 5.74) is -0.499. The number of thiocarbonyl (C=S) groups is 1. The van der Waals surface area contributed by atoms with E-state index in [4.69, 9.17) is 17.0 Å². The van der Waals surface area contributed by atoms with Crippen molar-refractivity contribution in [3.63, 3.8) is 0 Å². The summed E-state index contributed by atoms with van der Waals surface area (Å²) in [5, 5.41) is 5.63. The predicted molar refractivity (Wildman–Crippen MR) is 98.3 cm³/mol. The van der Waals surface area contributed by atoms with Crippen LogP contribution in [0, 0.1) is 10.7 Å². The van der Waals surface area contributed by atoms with Gasteiger partial charge in [-0.1, -0.05) is 12.2 Å². The van der Waals surface area contributed by atoms with Crippen molar-refractivity contribution in [2.24, 2.45) is 5.18 Å². The molecule has 9 heteroatoms. The summed E-state index contributed by atoms with van der Waals surface area (Å²) in [5.74, 6) is -0.950. The molecule has 0 spiro atoms. The number of amides is 1. The molecule has 0 saturated carbocycles. The molecule has 1 amide bonds. The minimum Gasteiger partial charge on any atom is -0.444 e. The molecule has 0 saturated heterocycles. The largest absolute Gasteiger partial charge is 0.444 e. The van der Waals surface area contributed by atoms with Crippen molar-refractivity contribution >= 4 is 34.8 Å². The van der Waals surface area contributed by atoms with Crippen LogP contribution in [0.1, 0.15) is 20.8 Å². The van der Waals surface area contributed by atoms with Crippen LogP contribution in [0.2, 0.25) is 0 Å². The number of nitrogens with one attached hydrogen (secondary N) is 1. The first-order chi connectivity index (χ1) is 12.1. The van der Waals surface area contributed by atoms with Gasteiger partial charge in [-0.2, -0.15) is 0 Å². The highest BCUT2D eigenvalue weighted by molar-refractivity contribution is 7.81. The Morgan fingerprint density at radius 3 is 2.42 bits per heavy atom. The molecule has 0 unspecified atom stereocenters. The Hall–Kier alpha value is -2.68. The molecule has 0 bridgehead atoms. The zero-order valence-electron chi connectivity index (χ0n) is 14.5. The maximum absolute atomic E-state index is 13.0. The Balaban J connectivity index is 2.20. The topological polar surface area (TPSA) is 88.1 Å². The number of halogens is 1.